The molecule has 8 nitrogen and oxygen atoms in total. The maximum Gasteiger partial charge on any atom is 0.314 e. The van der Waals surface area contributed by atoms with Crippen molar-refractivity contribution < 1.29 is 9.53 Å². The van der Waals surface area contributed by atoms with Gasteiger partial charge in [-0.2, -0.15) is 5.26 Å². The summed E-state index contributed by atoms with van der Waals surface area (Å²) in [4.78, 5) is 22.0. The molecule has 2 rings (SSSR count). The molecular formula is C15H22N6O2. The summed E-state index contributed by atoms with van der Waals surface area (Å²) in [5.41, 5.74) is 0.363. The van der Waals surface area contributed by atoms with Crippen molar-refractivity contribution in [2.24, 2.45) is 5.92 Å². The summed E-state index contributed by atoms with van der Waals surface area (Å²) in [6, 6.07) is 1.92. The smallest absolute Gasteiger partial charge is 0.314 e. The number of hydrogen-bond donors (Lipinski definition) is 2. The monoisotopic (exact) mass is 318 g/mol. The van der Waals surface area contributed by atoms with Crippen molar-refractivity contribution in [2.45, 2.75) is 12.8 Å². The highest BCUT2D eigenvalue weighted by atomic mass is 16.5. The van der Waals surface area contributed by atoms with Crippen LogP contribution in [0.1, 0.15) is 18.5 Å². The average molecular weight is 318 g/mol. The fraction of sp³-hybridized carbons (Fsp3) is 0.600. The highest BCUT2D eigenvalue weighted by Gasteiger charge is 2.22. The lowest BCUT2D eigenvalue weighted by atomic mass is 9.97. The molecular weight excluding hydrogens is 296 g/mol. The van der Waals surface area contributed by atoms with Gasteiger partial charge in [-0.1, -0.05) is 0 Å². The van der Waals surface area contributed by atoms with E-state index in [0.29, 0.717) is 37.1 Å². The zero-order chi connectivity index (χ0) is 16.5. The van der Waals surface area contributed by atoms with E-state index in [1.807, 2.05) is 0 Å². The van der Waals surface area contributed by atoms with E-state index >= 15 is 0 Å². The number of methoxy groups -OCH3 is 1. The molecule has 0 atom stereocenters. The van der Waals surface area contributed by atoms with E-state index in [9.17, 15) is 4.79 Å². The molecule has 1 fully saturated rings. The molecule has 0 unspecified atom stereocenters. The lowest BCUT2D eigenvalue weighted by molar-refractivity contribution is 0.195. The van der Waals surface area contributed by atoms with E-state index in [1.54, 1.807) is 13.3 Å². The Hall–Kier alpha value is -2.40. The molecule has 2 amide bonds. The second kappa shape index (κ2) is 8.90. The number of urea groups is 1. The Labute approximate surface area is 135 Å². The summed E-state index contributed by atoms with van der Waals surface area (Å²) in [5.74, 6) is 1.08. The van der Waals surface area contributed by atoms with Crippen molar-refractivity contribution in [3.63, 3.8) is 0 Å². The van der Waals surface area contributed by atoms with Crippen LogP contribution in [0.5, 0.6) is 0 Å². The first-order chi connectivity index (χ1) is 11.2. The predicted octanol–water partition coefficient (Wildman–Crippen LogP) is 0.510. The molecule has 1 saturated heterocycles. The number of carbonyl (C=O) groups is 1. The molecule has 1 aliphatic heterocycles. The second-order valence-corrected chi connectivity index (χ2v) is 5.40. The highest BCUT2D eigenvalue weighted by molar-refractivity contribution is 5.73. The van der Waals surface area contributed by atoms with Crippen LogP contribution in [-0.4, -0.2) is 55.9 Å². The van der Waals surface area contributed by atoms with Gasteiger partial charge < -0.3 is 20.3 Å². The van der Waals surface area contributed by atoms with Gasteiger partial charge in [0, 0.05) is 45.7 Å². The number of carbonyl (C=O) groups excluding carboxylic acids is 1. The molecule has 0 saturated carbocycles. The van der Waals surface area contributed by atoms with Gasteiger partial charge in [-0.3, -0.25) is 0 Å². The van der Waals surface area contributed by atoms with Gasteiger partial charge in [0.1, 0.15) is 6.07 Å². The van der Waals surface area contributed by atoms with Crippen LogP contribution < -0.4 is 15.5 Å². The Morgan fingerprint density at radius 1 is 1.39 bits per heavy atom. The Morgan fingerprint density at radius 3 is 2.83 bits per heavy atom. The van der Waals surface area contributed by atoms with Crippen molar-refractivity contribution >= 4 is 11.8 Å². The molecule has 2 N–H and O–H groups in total. The number of anilines is 1. The third-order valence-electron chi connectivity index (χ3n) is 3.84. The van der Waals surface area contributed by atoms with Crippen molar-refractivity contribution in [1.82, 2.24) is 20.6 Å². The number of nitrogens with one attached hydrogen (secondary N) is 2. The van der Waals surface area contributed by atoms with Gasteiger partial charge >= 0.3 is 6.03 Å². The van der Waals surface area contributed by atoms with Crippen LogP contribution in [0.25, 0.3) is 0 Å². The van der Waals surface area contributed by atoms with Crippen LogP contribution in [0.3, 0.4) is 0 Å². The summed E-state index contributed by atoms with van der Waals surface area (Å²) in [6.07, 6.45) is 5.02. The maximum atomic E-state index is 11.6. The van der Waals surface area contributed by atoms with E-state index < -0.39 is 0 Å². The van der Waals surface area contributed by atoms with Gasteiger partial charge in [0.2, 0.25) is 0 Å². The van der Waals surface area contributed by atoms with Crippen LogP contribution in [0, 0.1) is 17.2 Å². The van der Waals surface area contributed by atoms with Crippen molar-refractivity contribution in [3.8, 4) is 6.07 Å². The quantitative estimate of drug-likeness (QED) is 0.741. The highest BCUT2D eigenvalue weighted by Crippen LogP contribution is 2.22. The van der Waals surface area contributed by atoms with Gasteiger partial charge in [-0.15, -0.1) is 0 Å². The fourth-order valence-corrected chi connectivity index (χ4v) is 2.56. The Kier molecular flexibility index (Phi) is 6.56. The third-order valence-corrected chi connectivity index (χ3v) is 3.84. The molecule has 0 bridgehead atoms. The Morgan fingerprint density at radius 2 is 2.13 bits per heavy atom. The zero-order valence-electron chi connectivity index (χ0n) is 13.3. The number of ether oxygens (including phenoxy) is 1. The summed E-state index contributed by atoms with van der Waals surface area (Å²) in [6.45, 7) is 3.28. The number of hydrogen-bond acceptors (Lipinski definition) is 6. The molecule has 23 heavy (non-hydrogen) atoms. The number of aromatic nitrogens is 2. The van der Waals surface area contributed by atoms with E-state index in [4.69, 9.17) is 10.00 Å². The minimum absolute atomic E-state index is 0.162. The van der Waals surface area contributed by atoms with Crippen LogP contribution in [0.4, 0.5) is 10.6 Å². The first kappa shape index (κ1) is 17.0. The number of piperidine rings is 1. The van der Waals surface area contributed by atoms with Gasteiger partial charge in [0.05, 0.1) is 6.61 Å². The molecule has 0 aromatic carbocycles. The van der Waals surface area contributed by atoms with Gasteiger partial charge in [0.25, 0.3) is 0 Å². The first-order valence-corrected chi connectivity index (χ1v) is 7.71. The summed E-state index contributed by atoms with van der Waals surface area (Å²) >= 11 is 0. The van der Waals surface area contributed by atoms with Crippen molar-refractivity contribution in [1.29, 1.82) is 5.26 Å². The molecule has 124 valence electrons. The molecule has 1 aromatic heterocycles. The summed E-state index contributed by atoms with van der Waals surface area (Å²) < 4.78 is 4.88. The minimum Gasteiger partial charge on any atom is -0.383 e. The summed E-state index contributed by atoms with van der Waals surface area (Å²) in [7, 11) is 1.60. The number of rotatable bonds is 6. The van der Waals surface area contributed by atoms with E-state index in [2.05, 4.69) is 31.6 Å². The lowest BCUT2D eigenvalue weighted by Gasteiger charge is -2.32. The topological polar surface area (TPSA) is 103 Å². The van der Waals surface area contributed by atoms with Gasteiger partial charge in [-0.05, 0) is 18.8 Å². The van der Waals surface area contributed by atoms with Crippen LogP contribution >= 0.6 is 0 Å². The van der Waals surface area contributed by atoms with E-state index in [0.717, 1.165) is 25.9 Å². The summed E-state index contributed by atoms with van der Waals surface area (Å²) in [5, 5.41) is 14.7. The average Bonchev–Trinajstić information content (AvgIpc) is 2.60. The van der Waals surface area contributed by atoms with E-state index in [-0.39, 0.29) is 6.03 Å². The van der Waals surface area contributed by atoms with Crippen molar-refractivity contribution in [3.05, 3.63) is 18.1 Å². The number of nitriles is 1. The van der Waals surface area contributed by atoms with Gasteiger partial charge in [-0.25, -0.2) is 14.8 Å². The first-order valence-electron chi connectivity index (χ1n) is 7.71. The van der Waals surface area contributed by atoms with Crippen LogP contribution in [-0.2, 0) is 4.74 Å². The zero-order valence-corrected chi connectivity index (χ0v) is 13.3. The molecule has 1 aliphatic rings. The SMILES string of the molecule is COCCNC(=O)NCC1CCN(c2nccnc2C#N)CC1. The maximum absolute atomic E-state index is 11.6. The molecule has 8 heteroatoms. The predicted molar refractivity (Wildman–Crippen MR) is 85.0 cm³/mol. The molecule has 2 heterocycles. The molecule has 0 spiro atoms. The molecule has 0 radical (unpaired) electrons. The lowest BCUT2D eigenvalue weighted by Crippen LogP contribution is -2.43. The fourth-order valence-electron chi connectivity index (χ4n) is 2.56. The Balaban J connectivity index is 1.74. The second-order valence-electron chi connectivity index (χ2n) is 5.40. The van der Waals surface area contributed by atoms with E-state index in [1.165, 1.54) is 6.20 Å². The van der Waals surface area contributed by atoms with Crippen LogP contribution in [0.2, 0.25) is 0 Å². The van der Waals surface area contributed by atoms with Gasteiger partial charge in [0.15, 0.2) is 11.5 Å². The normalized spacial score (nSPS) is 15.0. The molecule has 0 aliphatic carbocycles. The minimum atomic E-state index is -0.162. The van der Waals surface area contributed by atoms with Crippen molar-refractivity contribution in [2.75, 3.05) is 44.8 Å². The van der Waals surface area contributed by atoms with Crippen LogP contribution in [0.15, 0.2) is 12.4 Å². The molecule has 1 aromatic rings. The number of amides is 2. The largest absolute Gasteiger partial charge is 0.383 e. The standard InChI is InChI=1S/C15H22N6O2/c1-23-9-6-19-15(22)20-11-12-2-7-21(8-3-12)14-13(10-16)17-4-5-18-14/h4-5,12H,2-3,6-9,11H2,1H3,(H2,19,20,22). The third kappa shape index (κ3) is 5.07. The number of nitrogens with zero attached hydrogens (tertiary/aromatic N) is 4. The Bertz CT molecular complexity index is 551.